The zero-order valence-electron chi connectivity index (χ0n) is 20.6. The highest BCUT2D eigenvalue weighted by molar-refractivity contribution is 5.33. The molecular weight excluding hydrogens is 400 g/mol. The van der Waals surface area contributed by atoms with Gasteiger partial charge in [-0.15, -0.1) is 0 Å². The summed E-state index contributed by atoms with van der Waals surface area (Å²) in [6.07, 6.45) is 12.4. The van der Waals surface area contributed by atoms with Crippen molar-refractivity contribution in [1.82, 2.24) is 0 Å². The molecule has 32 heavy (non-hydrogen) atoms. The Morgan fingerprint density at radius 3 is 1.38 bits per heavy atom. The third-order valence-corrected chi connectivity index (χ3v) is 7.35. The van der Waals surface area contributed by atoms with Crippen molar-refractivity contribution >= 4 is 0 Å². The molecule has 2 N–H and O–H groups in total. The van der Waals surface area contributed by atoms with Gasteiger partial charge >= 0.3 is 0 Å². The van der Waals surface area contributed by atoms with E-state index in [1.165, 1.54) is 35.1 Å². The average Bonchev–Trinajstić information content (AvgIpc) is 3.41. The molecule has 0 radical (unpaired) electrons. The SMILES string of the molecule is CC1=C(C(O)c2ccoc2)C(C)(C)CCC1.CC1=C(C(O)c2ccoc2)C(C)(C)CCC1. The minimum absolute atomic E-state index is 0.0962. The zero-order chi connectivity index (χ0) is 23.5. The van der Waals surface area contributed by atoms with Gasteiger partial charge in [-0.05, 0) is 86.5 Å². The van der Waals surface area contributed by atoms with E-state index in [2.05, 4.69) is 41.5 Å². The molecule has 0 aromatic carbocycles. The van der Waals surface area contributed by atoms with Gasteiger partial charge in [0.1, 0.15) is 12.2 Å². The Morgan fingerprint density at radius 1 is 0.719 bits per heavy atom. The third-order valence-electron chi connectivity index (χ3n) is 7.35. The monoisotopic (exact) mass is 440 g/mol. The van der Waals surface area contributed by atoms with Crippen molar-refractivity contribution < 1.29 is 19.0 Å². The molecule has 0 spiro atoms. The number of allylic oxidation sites excluding steroid dienone is 2. The van der Waals surface area contributed by atoms with Gasteiger partial charge in [0.05, 0.1) is 25.1 Å². The first-order valence-corrected chi connectivity index (χ1v) is 11.8. The topological polar surface area (TPSA) is 66.7 Å². The number of furan rings is 2. The summed E-state index contributed by atoms with van der Waals surface area (Å²) in [7, 11) is 0. The number of hydrogen-bond acceptors (Lipinski definition) is 4. The number of aliphatic hydroxyl groups is 2. The van der Waals surface area contributed by atoms with Gasteiger partial charge in [0.15, 0.2) is 0 Å². The Hall–Kier alpha value is -2.04. The van der Waals surface area contributed by atoms with E-state index in [-0.39, 0.29) is 10.8 Å². The lowest BCUT2D eigenvalue weighted by Gasteiger charge is -2.37. The lowest BCUT2D eigenvalue weighted by atomic mass is 9.70. The normalized spacial score (nSPS) is 22.2. The Morgan fingerprint density at radius 2 is 1.09 bits per heavy atom. The summed E-state index contributed by atoms with van der Waals surface area (Å²) in [6, 6.07) is 3.69. The van der Waals surface area contributed by atoms with E-state index in [0.717, 1.165) is 36.8 Å². The Labute approximate surface area is 193 Å². The maximum atomic E-state index is 10.4. The summed E-state index contributed by atoms with van der Waals surface area (Å²) in [5.41, 5.74) is 6.96. The van der Waals surface area contributed by atoms with Gasteiger partial charge in [0.2, 0.25) is 0 Å². The average molecular weight is 441 g/mol. The van der Waals surface area contributed by atoms with Crippen LogP contribution in [-0.2, 0) is 0 Å². The minimum atomic E-state index is -0.506. The quantitative estimate of drug-likeness (QED) is 0.478. The molecule has 0 fully saturated rings. The van der Waals surface area contributed by atoms with Crippen LogP contribution in [-0.4, -0.2) is 10.2 Å². The van der Waals surface area contributed by atoms with E-state index in [9.17, 15) is 10.2 Å². The van der Waals surface area contributed by atoms with Gasteiger partial charge in [0.25, 0.3) is 0 Å². The van der Waals surface area contributed by atoms with Crippen LogP contribution >= 0.6 is 0 Å². The molecular formula is C28H40O4. The standard InChI is InChI=1S/2C14H20O2/c2*1-10-5-4-7-14(2,3)12(10)13(15)11-6-8-16-9-11/h2*6,8-9,13,15H,4-5,7H2,1-3H3. The molecule has 4 heteroatoms. The molecule has 2 unspecified atom stereocenters. The highest BCUT2D eigenvalue weighted by Gasteiger charge is 2.34. The fraction of sp³-hybridized carbons (Fsp3) is 0.571. The predicted octanol–water partition coefficient (Wildman–Crippen LogP) is 7.68. The Bertz CT molecular complexity index is 848. The molecule has 2 aromatic heterocycles. The highest BCUT2D eigenvalue weighted by atomic mass is 16.3. The van der Waals surface area contributed by atoms with Crippen LogP contribution in [0.3, 0.4) is 0 Å². The largest absolute Gasteiger partial charge is 0.472 e. The molecule has 2 aliphatic carbocycles. The molecule has 2 heterocycles. The van der Waals surface area contributed by atoms with Gasteiger partial charge < -0.3 is 19.0 Å². The van der Waals surface area contributed by atoms with Crippen molar-refractivity contribution in [2.45, 2.75) is 92.3 Å². The predicted molar refractivity (Wildman–Crippen MR) is 128 cm³/mol. The summed E-state index contributed by atoms with van der Waals surface area (Å²) in [5, 5.41) is 20.8. The van der Waals surface area contributed by atoms with E-state index in [1.807, 2.05) is 12.1 Å². The summed E-state index contributed by atoms with van der Waals surface area (Å²) in [6.45, 7) is 13.1. The summed E-state index contributed by atoms with van der Waals surface area (Å²) >= 11 is 0. The third kappa shape index (κ3) is 5.29. The lowest BCUT2D eigenvalue weighted by molar-refractivity contribution is 0.169. The molecule has 0 saturated carbocycles. The van der Waals surface area contributed by atoms with Crippen LogP contribution in [0.2, 0.25) is 0 Å². The van der Waals surface area contributed by atoms with Crippen LogP contribution in [0, 0.1) is 10.8 Å². The molecule has 0 saturated heterocycles. The zero-order valence-corrected chi connectivity index (χ0v) is 20.6. The number of hydrogen-bond donors (Lipinski definition) is 2. The fourth-order valence-electron chi connectivity index (χ4n) is 5.69. The second-order valence-electron chi connectivity index (χ2n) is 10.8. The number of rotatable bonds is 4. The molecule has 2 aromatic rings. The Kier molecular flexibility index (Phi) is 7.57. The first kappa shape index (κ1) is 24.6. The van der Waals surface area contributed by atoms with Crippen molar-refractivity contribution in [1.29, 1.82) is 0 Å². The van der Waals surface area contributed by atoms with Gasteiger partial charge in [-0.1, -0.05) is 38.8 Å². The van der Waals surface area contributed by atoms with Gasteiger partial charge in [0, 0.05) is 11.1 Å². The van der Waals surface area contributed by atoms with E-state index >= 15 is 0 Å². The summed E-state index contributed by atoms with van der Waals surface area (Å²) in [4.78, 5) is 0. The van der Waals surface area contributed by atoms with Crippen LogP contribution in [0.5, 0.6) is 0 Å². The summed E-state index contributed by atoms with van der Waals surface area (Å²) < 4.78 is 10.1. The van der Waals surface area contributed by atoms with Crippen LogP contribution in [0.15, 0.2) is 68.3 Å². The molecule has 2 atom stereocenters. The smallest absolute Gasteiger partial charge is 0.104 e. The van der Waals surface area contributed by atoms with Crippen LogP contribution < -0.4 is 0 Å². The first-order chi connectivity index (χ1) is 15.0. The van der Waals surface area contributed by atoms with Crippen molar-refractivity contribution in [2.75, 3.05) is 0 Å². The maximum absolute atomic E-state index is 10.4. The van der Waals surface area contributed by atoms with E-state index in [0.29, 0.717) is 0 Å². The van der Waals surface area contributed by atoms with Crippen molar-refractivity contribution in [3.05, 3.63) is 70.6 Å². The summed E-state index contributed by atoms with van der Waals surface area (Å²) in [5.74, 6) is 0. The highest BCUT2D eigenvalue weighted by Crippen LogP contribution is 2.47. The fourth-order valence-corrected chi connectivity index (χ4v) is 5.69. The molecule has 176 valence electrons. The van der Waals surface area contributed by atoms with Crippen LogP contribution in [0.4, 0.5) is 0 Å². The van der Waals surface area contributed by atoms with E-state index in [4.69, 9.17) is 8.83 Å². The van der Waals surface area contributed by atoms with E-state index < -0.39 is 12.2 Å². The first-order valence-electron chi connectivity index (χ1n) is 11.8. The molecule has 0 amide bonds. The van der Waals surface area contributed by atoms with Crippen molar-refractivity contribution in [2.24, 2.45) is 10.8 Å². The molecule has 2 aliphatic rings. The van der Waals surface area contributed by atoms with Gasteiger partial charge in [-0.2, -0.15) is 0 Å². The molecule has 4 nitrogen and oxygen atoms in total. The second kappa shape index (κ2) is 9.84. The second-order valence-corrected chi connectivity index (χ2v) is 10.8. The molecule has 4 rings (SSSR count). The maximum Gasteiger partial charge on any atom is 0.104 e. The Balaban J connectivity index is 0.000000181. The van der Waals surface area contributed by atoms with Crippen molar-refractivity contribution in [3.63, 3.8) is 0 Å². The van der Waals surface area contributed by atoms with Gasteiger partial charge in [-0.3, -0.25) is 0 Å². The molecule has 0 aliphatic heterocycles. The molecule has 0 bridgehead atoms. The number of aliphatic hydroxyl groups excluding tert-OH is 2. The van der Waals surface area contributed by atoms with Crippen LogP contribution in [0.1, 0.15) is 103 Å². The lowest BCUT2D eigenvalue weighted by Crippen LogP contribution is -2.24. The van der Waals surface area contributed by atoms with Crippen LogP contribution in [0.25, 0.3) is 0 Å². The van der Waals surface area contributed by atoms with E-state index in [1.54, 1.807) is 25.1 Å². The van der Waals surface area contributed by atoms with Gasteiger partial charge in [-0.25, -0.2) is 0 Å². The minimum Gasteiger partial charge on any atom is -0.472 e. The van der Waals surface area contributed by atoms with Crippen molar-refractivity contribution in [3.8, 4) is 0 Å².